The average molecular weight is 448 g/mol. The van der Waals surface area contributed by atoms with Crippen LogP contribution >= 0.6 is 0 Å². The summed E-state index contributed by atoms with van der Waals surface area (Å²) in [5, 5.41) is 9.89. The van der Waals surface area contributed by atoms with Gasteiger partial charge in [-0.25, -0.2) is 4.79 Å². The van der Waals surface area contributed by atoms with Gasteiger partial charge in [0, 0.05) is 53.0 Å². The number of hydrogen-bond donors (Lipinski definition) is 3. The SMILES string of the molecule is CN=C(NCC(NC(=O)OC(C)(C)C)c1ccccc1)NC1CCN(CCCOC)CC1. The molecule has 1 aromatic rings. The van der Waals surface area contributed by atoms with Gasteiger partial charge >= 0.3 is 6.09 Å². The van der Waals surface area contributed by atoms with Crippen molar-refractivity contribution < 1.29 is 14.3 Å². The Labute approximate surface area is 193 Å². The van der Waals surface area contributed by atoms with E-state index in [4.69, 9.17) is 9.47 Å². The maximum absolute atomic E-state index is 12.4. The molecule has 1 saturated heterocycles. The number of ether oxygens (including phenoxy) is 2. The molecule has 2 rings (SSSR count). The molecular weight excluding hydrogens is 406 g/mol. The molecule has 0 bridgehead atoms. The second kappa shape index (κ2) is 13.3. The van der Waals surface area contributed by atoms with Crippen molar-refractivity contribution in [3.05, 3.63) is 35.9 Å². The first-order chi connectivity index (χ1) is 15.3. The molecule has 8 nitrogen and oxygen atoms in total. The molecule has 0 radical (unpaired) electrons. The van der Waals surface area contributed by atoms with E-state index in [0.29, 0.717) is 12.6 Å². The highest BCUT2D eigenvalue weighted by Crippen LogP contribution is 2.14. The van der Waals surface area contributed by atoms with Gasteiger partial charge in [-0.2, -0.15) is 0 Å². The lowest BCUT2D eigenvalue weighted by atomic mass is 10.0. The van der Waals surface area contributed by atoms with Crippen LogP contribution in [0, 0.1) is 0 Å². The Balaban J connectivity index is 1.87. The van der Waals surface area contributed by atoms with Gasteiger partial charge in [0.1, 0.15) is 5.60 Å². The van der Waals surface area contributed by atoms with E-state index in [1.165, 1.54) is 0 Å². The molecule has 0 saturated carbocycles. The number of rotatable bonds is 9. The Kier molecular flexibility index (Phi) is 10.8. The predicted octanol–water partition coefficient (Wildman–Crippen LogP) is 2.92. The largest absolute Gasteiger partial charge is 0.444 e. The minimum Gasteiger partial charge on any atom is -0.444 e. The molecule has 3 N–H and O–H groups in total. The van der Waals surface area contributed by atoms with Crippen LogP contribution < -0.4 is 16.0 Å². The molecule has 1 fully saturated rings. The van der Waals surface area contributed by atoms with Crippen molar-refractivity contribution in [2.45, 2.75) is 57.7 Å². The third-order valence-electron chi connectivity index (χ3n) is 5.34. The number of hydrogen-bond acceptors (Lipinski definition) is 5. The number of carbonyl (C=O) groups is 1. The Morgan fingerprint density at radius 2 is 1.91 bits per heavy atom. The molecule has 0 spiro atoms. The monoisotopic (exact) mass is 447 g/mol. The summed E-state index contributed by atoms with van der Waals surface area (Å²) in [6, 6.07) is 10.0. The van der Waals surface area contributed by atoms with Crippen LogP contribution in [-0.4, -0.2) is 75.5 Å². The number of methoxy groups -OCH3 is 1. The predicted molar refractivity (Wildman–Crippen MR) is 129 cm³/mol. The summed E-state index contributed by atoms with van der Waals surface area (Å²) in [6.07, 6.45) is 2.79. The van der Waals surface area contributed by atoms with Crippen LogP contribution in [0.5, 0.6) is 0 Å². The van der Waals surface area contributed by atoms with Gasteiger partial charge in [0.15, 0.2) is 5.96 Å². The molecule has 1 atom stereocenters. The van der Waals surface area contributed by atoms with Crippen LogP contribution in [0.2, 0.25) is 0 Å². The first kappa shape index (κ1) is 25.9. The van der Waals surface area contributed by atoms with E-state index in [1.54, 1.807) is 14.2 Å². The smallest absolute Gasteiger partial charge is 0.408 e. The van der Waals surface area contributed by atoms with E-state index in [2.05, 4.69) is 25.8 Å². The normalized spacial score (nSPS) is 17.0. The Hall–Kier alpha value is -2.32. The van der Waals surface area contributed by atoms with Gasteiger partial charge in [-0.05, 0) is 45.6 Å². The summed E-state index contributed by atoms with van der Waals surface area (Å²) in [4.78, 5) is 19.3. The number of nitrogens with zero attached hydrogens (tertiary/aromatic N) is 2. The standard InChI is InChI=1S/C24H41N5O3/c1-24(2,3)32-23(30)28-21(19-10-7-6-8-11-19)18-26-22(25-4)27-20-12-15-29(16-13-20)14-9-17-31-5/h6-8,10-11,20-21H,9,12-18H2,1-5H3,(H,28,30)(H2,25,26,27). The minimum atomic E-state index is -0.547. The number of benzene rings is 1. The Morgan fingerprint density at radius 3 is 2.50 bits per heavy atom. The molecule has 1 heterocycles. The van der Waals surface area contributed by atoms with E-state index in [9.17, 15) is 4.79 Å². The van der Waals surface area contributed by atoms with Crippen LogP contribution in [0.1, 0.15) is 51.6 Å². The summed E-state index contributed by atoms with van der Waals surface area (Å²) in [5.74, 6) is 0.745. The van der Waals surface area contributed by atoms with Crippen molar-refractivity contribution in [2.24, 2.45) is 4.99 Å². The molecule has 8 heteroatoms. The minimum absolute atomic E-state index is 0.243. The highest BCUT2D eigenvalue weighted by atomic mass is 16.6. The summed E-state index contributed by atoms with van der Waals surface area (Å²) in [5.41, 5.74) is 0.458. The lowest BCUT2D eigenvalue weighted by molar-refractivity contribution is 0.0504. The first-order valence-electron chi connectivity index (χ1n) is 11.5. The van der Waals surface area contributed by atoms with Crippen molar-refractivity contribution in [1.82, 2.24) is 20.9 Å². The molecule has 1 aromatic carbocycles. The van der Waals surface area contributed by atoms with Gasteiger partial charge in [0.2, 0.25) is 0 Å². The van der Waals surface area contributed by atoms with Crippen LogP contribution in [0.4, 0.5) is 4.79 Å². The van der Waals surface area contributed by atoms with E-state index in [1.807, 2.05) is 51.1 Å². The van der Waals surface area contributed by atoms with Gasteiger partial charge < -0.3 is 30.3 Å². The average Bonchev–Trinajstić information content (AvgIpc) is 2.76. The van der Waals surface area contributed by atoms with Gasteiger partial charge in [-0.3, -0.25) is 4.99 Å². The Bertz CT molecular complexity index is 697. The van der Waals surface area contributed by atoms with Crippen molar-refractivity contribution in [1.29, 1.82) is 0 Å². The molecule has 180 valence electrons. The molecule has 1 amide bonds. The summed E-state index contributed by atoms with van der Waals surface area (Å²) >= 11 is 0. The van der Waals surface area contributed by atoms with Crippen LogP contribution in [0.25, 0.3) is 0 Å². The lowest BCUT2D eigenvalue weighted by Gasteiger charge is -2.33. The van der Waals surface area contributed by atoms with Gasteiger partial charge in [0.05, 0.1) is 6.04 Å². The second-order valence-corrected chi connectivity index (χ2v) is 9.17. The number of aliphatic imine (C=N–C) groups is 1. The maximum atomic E-state index is 12.4. The number of guanidine groups is 1. The van der Waals surface area contributed by atoms with E-state index in [0.717, 1.165) is 57.0 Å². The van der Waals surface area contributed by atoms with Crippen molar-refractivity contribution in [3.8, 4) is 0 Å². The number of amides is 1. The summed E-state index contributed by atoms with van der Waals surface area (Å²) in [7, 11) is 3.52. The van der Waals surface area contributed by atoms with Gasteiger partial charge in [-0.1, -0.05) is 30.3 Å². The highest BCUT2D eigenvalue weighted by molar-refractivity contribution is 5.80. The number of alkyl carbamates (subject to hydrolysis) is 1. The second-order valence-electron chi connectivity index (χ2n) is 9.17. The zero-order chi connectivity index (χ0) is 23.4. The topological polar surface area (TPSA) is 87.2 Å². The molecule has 32 heavy (non-hydrogen) atoms. The van der Waals surface area contributed by atoms with Crippen LogP contribution in [0.3, 0.4) is 0 Å². The van der Waals surface area contributed by atoms with E-state index >= 15 is 0 Å². The fourth-order valence-corrected chi connectivity index (χ4v) is 3.71. The molecule has 1 aliphatic heterocycles. The third-order valence-corrected chi connectivity index (χ3v) is 5.34. The zero-order valence-corrected chi connectivity index (χ0v) is 20.3. The van der Waals surface area contributed by atoms with E-state index < -0.39 is 11.7 Å². The van der Waals surface area contributed by atoms with E-state index in [-0.39, 0.29) is 6.04 Å². The van der Waals surface area contributed by atoms with Crippen molar-refractivity contribution in [3.63, 3.8) is 0 Å². The molecule has 0 aliphatic carbocycles. The van der Waals surface area contributed by atoms with Crippen LogP contribution in [0.15, 0.2) is 35.3 Å². The molecular formula is C24H41N5O3. The fourth-order valence-electron chi connectivity index (χ4n) is 3.71. The quantitative estimate of drug-likeness (QED) is 0.307. The van der Waals surface area contributed by atoms with Crippen LogP contribution in [-0.2, 0) is 9.47 Å². The molecule has 1 unspecified atom stereocenters. The zero-order valence-electron chi connectivity index (χ0n) is 20.3. The maximum Gasteiger partial charge on any atom is 0.408 e. The first-order valence-corrected chi connectivity index (χ1v) is 11.5. The number of likely N-dealkylation sites (tertiary alicyclic amines) is 1. The fraction of sp³-hybridized carbons (Fsp3) is 0.667. The molecule has 0 aromatic heterocycles. The van der Waals surface area contributed by atoms with Gasteiger partial charge in [0.25, 0.3) is 0 Å². The Morgan fingerprint density at radius 1 is 1.22 bits per heavy atom. The number of piperidine rings is 1. The summed E-state index contributed by atoms with van der Waals surface area (Å²) < 4.78 is 10.6. The highest BCUT2D eigenvalue weighted by Gasteiger charge is 2.22. The number of nitrogens with one attached hydrogen (secondary N) is 3. The summed E-state index contributed by atoms with van der Waals surface area (Å²) in [6.45, 7) is 10.1. The number of carbonyl (C=O) groups excluding carboxylic acids is 1. The van der Waals surface area contributed by atoms with Gasteiger partial charge in [-0.15, -0.1) is 0 Å². The van der Waals surface area contributed by atoms with Crippen molar-refractivity contribution in [2.75, 3.05) is 46.9 Å². The van der Waals surface area contributed by atoms with Crippen molar-refractivity contribution >= 4 is 12.1 Å². The molecule has 1 aliphatic rings. The lowest BCUT2D eigenvalue weighted by Crippen LogP contribution is -2.50. The third kappa shape index (κ3) is 9.87.